The number of halogens is 1. The highest BCUT2D eigenvalue weighted by Crippen LogP contribution is 2.36. The molecule has 1 saturated heterocycles. The summed E-state index contributed by atoms with van der Waals surface area (Å²) in [5.41, 5.74) is 2.66. The average Bonchev–Trinajstić information content (AvgIpc) is 2.88. The summed E-state index contributed by atoms with van der Waals surface area (Å²) < 4.78 is 31.6. The van der Waals surface area contributed by atoms with Crippen LogP contribution in [0.2, 0.25) is 5.02 Å². The number of sulfonamides is 1. The van der Waals surface area contributed by atoms with Crippen molar-refractivity contribution in [1.82, 2.24) is 14.3 Å². The Balaban J connectivity index is 1.48. The lowest BCUT2D eigenvalue weighted by molar-refractivity contribution is 0.132. The zero-order valence-electron chi connectivity index (χ0n) is 20.5. The minimum absolute atomic E-state index is 0.183. The van der Waals surface area contributed by atoms with Gasteiger partial charge in [-0.05, 0) is 43.4 Å². The van der Waals surface area contributed by atoms with Crippen molar-refractivity contribution >= 4 is 49.0 Å². The van der Waals surface area contributed by atoms with Crippen molar-refractivity contribution in [1.29, 1.82) is 5.26 Å². The van der Waals surface area contributed by atoms with Gasteiger partial charge in [-0.2, -0.15) is 5.26 Å². The normalized spacial score (nSPS) is 15.9. The predicted octanol–water partition coefficient (Wildman–Crippen LogP) is 5.28. The first kappa shape index (κ1) is 25.2. The number of para-hydroxylation sites is 1. The molecule has 1 fully saturated rings. The lowest BCUT2D eigenvalue weighted by atomic mass is 10.1. The van der Waals surface area contributed by atoms with Crippen LogP contribution < -0.4 is 10.1 Å². The van der Waals surface area contributed by atoms with Crippen LogP contribution in [0.5, 0.6) is 5.88 Å². The van der Waals surface area contributed by atoms with Crippen molar-refractivity contribution in [2.24, 2.45) is 0 Å². The molecular weight excluding hydrogens is 510 g/mol. The van der Waals surface area contributed by atoms with E-state index in [0.717, 1.165) is 27.4 Å². The van der Waals surface area contributed by atoms with Crippen molar-refractivity contribution in [2.45, 2.75) is 31.9 Å². The second-order valence-corrected chi connectivity index (χ2v) is 11.6. The Kier molecular flexibility index (Phi) is 6.90. The number of rotatable bonds is 6. The van der Waals surface area contributed by atoms with Crippen LogP contribution in [0.15, 0.2) is 54.7 Å². The lowest BCUT2D eigenvalue weighted by Gasteiger charge is -2.30. The summed E-state index contributed by atoms with van der Waals surface area (Å²) in [6.45, 7) is 2.78. The predicted molar refractivity (Wildman–Crippen MR) is 145 cm³/mol. The van der Waals surface area contributed by atoms with Gasteiger partial charge in [0.1, 0.15) is 12.2 Å². The van der Waals surface area contributed by atoms with Crippen LogP contribution in [0.25, 0.3) is 21.7 Å². The Hall–Kier alpha value is -3.45. The molecule has 10 heteroatoms. The molecule has 0 amide bonds. The van der Waals surface area contributed by atoms with E-state index in [1.54, 1.807) is 12.3 Å². The number of aromatic nitrogens is 2. The number of pyridine rings is 2. The van der Waals surface area contributed by atoms with Crippen LogP contribution in [0.4, 0.5) is 5.69 Å². The maximum absolute atomic E-state index is 11.9. The van der Waals surface area contributed by atoms with Gasteiger partial charge in [0, 0.05) is 24.7 Å². The molecule has 0 bridgehead atoms. The van der Waals surface area contributed by atoms with Crippen LogP contribution in [-0.2, 0) is 10.0 Å². The third kappa shape index (κ3) is 5.18. The molecule has 4 aromatic rings. The highest BCUT2D eigenvalue weighted by atomic mass is 35.5. The van der Waals surface area contributed by atoms with E-state index in [9.17, 15) is 13.7 Å². The van der Waals surface area contributed by atoms with Gasteiger partial charge in [-0.3, -0.25) is 4.98 Å². The van der Waals surface area contributed by atoms with E-state index in [-0.39, 0.29) is 12.1 Å². The molecule has 2 aromatic heterocycles. The van der Waals surface area contributed by atoms with Crippen molar-refractivity contribution in [2.75, 3.05) is 24.7 Å². The molecule has 190 valence electrons. The van der Waals surface area contributed by atoms with Crippen molar-refractivity contribution in [3.05, 3.63) is 71.0 Å². The van der Waals surface area contributed by atoms with Gasteiger partial charge in [0.25, 0.3) is 0 Å². The Labute approximate surface area is 220 Å². The topological polar surface area (TPSA) is 108 Å². The first-order chi connectivity index (χ1) is 17.7. The summed E-state index contributed by atoms with van der Waals surface area (Å²) in [6, 6.07) is 17.2. The smallest absolute Gasteiger partial charge is 0.223 e. The molecule has 0 unspecified atom stereocenters. The molecule has 0 aliphatic carbocycles. The second kappa shape index (κ2) is 10.1. The first-order valence-electron chi connectivity index (χ1n) is 12.0. The molecular formula is C27H26ClN5O3S. The molecule has 0 radical (unpaired) electrons. The Morgan fingerprint density at radius 1 is 1.19 bits per heavy atom. The van der Waals surface area contributed by atoms with E-state index < -0.39 is 10.0 Å². The third-order valence-electron chi connectivity index (χ3n) is 6.64. The van der Waals surface area contributed by atoms with Crippen molar-refractivity contribution in [3.63, 3.8) is 0 Å². The number of piperidine rings is 1. The number of ether oxygens (including phenoxy) is 1. The summed E-state index contributed by atoms with van der Waals surface area (Å²) in [7, 11) is -3.23. The molecule has 1 N–H and O–H groups in total. The van der Waals surface area contributed by atoms with E-state index in [2.05, 4.69) is 16.4 Å². The van der Waals surface area contributed by atoms with E-state index in [0.29, 0.717) is 48.1 Å². The summed E-state index contributed by atoms with van der Waals surface area (Å²) >= 11 is 6.56. The molecule has 8 nitrogen and oxygen atoms in total. The fraction of sp³-hybridized carbons (Fsp3) is 0.296. The summed E-state index contributed by atoms with van der Waals surface area (Å²) in [4.78, 5) is 9.24. The van der Waals surface area contributed by atoms with Crippen LogP contribution >= 0.6 is 11.6 Å². The van der Waals surface area contributed by atoms with E-state index >= 15 is 0 Å². The van der Waals surface area contributed by atoms with Crippen LogP contribution in [0, 0.1) is 11.3 Å². The van der Waals surface area contributed by atoms with Gasteiger partial charge >= 0.3 is 0 Å². The third-order valence-corrected chi connectivity index (χ3v) is 8.26. The average molecular weight is 536 g/mol. The number of hydrogen-bond acceptors (Lipinski definition) is 7. The van der Waals surface area contributed by atoms with Crippen LogP contribution in [0.3, 0.4) is 0 Å². The first-order valence-corrected chi connectivity index (χ1v) is 14.2. The fourth-order valence-corrected chi connectivity index (χ4v) is 5.81. The van der Waals surface area contributed by atoms with Crippen LogP contribution in [0.1, 0.15) is 37.1 Å². The minimum Gasteiger partial charge on any atom is -0.474 e. The highest BCUT2D eigenvalue weighted by Gasteiger charge is 2.27. The molecule has 3 heterocycles. The summed E-state index contributed by atoms with van der Waals surface area (Å²) in [6.07, 6.45) is 3.74. The molecule has 1 aliphatic heterocycles. The SMILES string of the molecule is C[C@H](Nc1c(C#N)cnc2ccccc12)c1cc2cccc(Cl)c2c(OC2CCN(S(C)(=O)=O)CC2)n1. The maximum Gasteiger partial charge on any atom is 0.223 e. The van der Waals surface area contributed by atoms with Crippen molar-refractivity contribution < 1.29 is 13.2 Å². The fourth-order valence-electron chi connectivity index (χ4n) is 4.67. The highest BCUT2D eigenvalue weighted by molar-refractivity contribution is 7.88. The molecule has 1 aliphatic rings. The van der Waals surface area contributed by atoms with Gasteiger partial charge in [0.2, 0.25) is 15.9 Å². The van der Waals surface area contributed by atoms with Gasteiger partial charge in [-0.15, -0.1) is 0 Å². The monoisotopic (exact) mass is 535 g/mol. The largest absolute Gasteiger partial charge is 0.474 e. The summed E-state index contributed by atoms with van der Waals surface area (Å²) in [5.74, 6) is 0.421. The number of nitrogens with zero attached hydrogens (tertiary/aromatic N) is 4. The van der Waals surface area contributed by atoms with Gasteiger partial charge < -0.3 is 10.1 Å². The Morgan fingerprint density at radius 3 is 2.68 bits per heavy atom. The van der Waals surface area contributed by atoms with Crippen molar-refractivity contribution in [3.8, 4) is 11.9 Å². The van der Waals surface area contributed by atoms with E-state index in [1.807, 2.05) is 49.4 Å². The van der Waals surface area contributed by atoms with Gasteiger partial charge in [0.15, 0.2) is 0 Å². The maximum atomic E-state index is 11.9. The number of nitrogens with one attached hydrogen (secondary N) is 1. The van der Waals surface area contributed by atoms with E-state index in [4.69, 9.17) is 21.3 Å². The molecule has 0 saturated carbocycles. The standard InChI is InChI=1S/C27H26ClN5O3S/c1-17(31-26-19(15-29)16-30-23-9-4-3-7-21(23)26)24-14-18-6-5-8-22(28)25(18)27(32-24)36-20-10-12-33(13-11-20)37(2,34)35/h3-9,14,16-17,20H,10-13H2,1-2H3,(H,30,31)/t17-/m0/s1. The Morgan fingerprint density at radius 2 is 1.95 bits per heavy atom. The van der Waals surface area contributed by atoms with Gasteiger partial charge in [-0.1, -0.05) is 41.9 Å². The second-order valence-electron chi connectivity index (χ2n) is 9.21. The van der Waals surface area contributed by atoms with Gasteiger partial charge in [-0.25, -0.2) is 17.7 Å². The number of hydrogen-bond donors (Lipinski definition) is 1. The molecule has 37 heavy (non-hydrogen) atoms. The van der Waals surface area contributed by atoms with E-state index in [1.165, 1.54) is 10.6 Å². The zero-order valence-corrected chi connectivity index (χ0v) is 22.1. The summed E-state index contributed by atoms with van der Waals surface area (Å²) in [5, 5.41) is 16.2. The Bertz CT molecular complexity index is 1630. The molecule has 0 spiro atoms. The molecule has 5 rings (SSSR count). The minimum atomic E-state index is -3.23. The number of anilines is 1. The van der Waals surface area contributed by atoms with Crippen LogP contribution in [-0.4, -0.2) is 48.1 Å². The zero-order chi connectivity index (χ0) is 26.2. The number of nitriles is 1. The van der Waals surface area contributed by atoms with Gasteiger partial charge in [0.05, 0.1) is 45.2 Å². The lowest BCUT2D eigenvalue weighted by Crippen LogP contribution is -2.41. The quantitative estimate of drug-likeness (QED) is 0.357. The molecule has 1 atom stereocenters. The number of fused-ring (bicyclic) bond motifs is 2. The molecule has 2 aromatic carbocycles. The number of benzene rings is 2.